The molecule has 0 aromatic carbocycles. The van der Waals surface area contributed by atoms with E-state index in [1.54, 1.807) is 6.20 Å². The zero-order valence-electron chi connectivity index (χ0n) is 13.9. The summed E-state index contributed by atoms with van der Waals surface area (Å²) in [6.45, 7) is 5.22. The van der Waals surface area contributed by atoms with Gasteiger partial charge in [0.2, 0.25) is 0 Å². The van der Waals surface area contributed by atoms with Gasteiger partial charge in [-0.15, -0.1) is 0 Å². The summed E-state index contributed by atoms with van der Waals surface area (Å²) in [6, 6.07) is 5.44. The van der Waals surface area contributed by atoms with E-state index in [1.165, 1.54) is 31.7 Å². The van der Waals surface area contributed by atoms with Gasteiger partial charge in [-0.2, -0.15) is 0 Å². The molecule has 0 amide bonds. The van der Waals surface area contributed by atoms with Crippen molar-refractivity contribution in [1.82, 2.24) is 15.0 Å². The number of nitrogens with one attached hydrogen (secondary N) is 2. The van der Waals surface area contributed by atoms with Crippen molar-refractivity contribution in [3.05, 3.63) is 40.4 Å². The fourth-order valence-corrected chi connectivity index (χ4v) is 2.96. The molecule has 1 aliphatic carbocycles. The highest BCUT2D eigenvalue weighted by Gasteiger charge is 2.41. The average molecular weight is 312 g/mol. The number of rotatable bonds is 7. The lowest BCUT2D eigenvalue weighted by Crippen LogP contribution is -2.15. The molecule has 122 valence electrons. The van der Waals surface area contributed by atoms with Gasteiger partial charge in [-0.05, 0) is 43.2 Å². The summed E-state index contributed by atoms with van der Waals surface area (Å²) in [5.74, 6) is 1.46. The lowest BCUT2D eigenvalue weighted by Gasteiger charge is -2.15. The van der Waals surface area contributed by atoms with Crippen LogP contribution >= 0.6 is 0 Å². The Morgan fingerprint density at radius 2 is 2.13 bits per heavy atom. The van der Waals surface area contributed by atoms with E-state index in [4.69, 9.17) is 0 Å². The van der Waals surface area contributed by atoms with Crippen LogP contribution in [0.2, 0.25) is 0 Å². The number of aryl methyl sites for hydroxylation is 1. The summed E-state index contributed by atoms with van der Waals surface area (Å²) in [6.07, 6.45) is 7.67. The quantitative estimate of drug-likeness (QED) is 0.822. The first kappa shape index (κ1) is 15.7. The van der Waals surface area contributed by atoms with E-state index < -0.39 is 0 Å². The van der Waals surface area contributed by atoms with Crippen molar-refractivity contribution in [3.8, 4) is 11.4 Å². The number of nitrogens with zero attached hydrogens (tertiary/aromatic N) is 2. The molecular weight excluding hydrogens is 288 g/mol. The average Bonchev–Trinajstić information content (AvgIpc) is 3.33. The molecule has 23 heavy (non-hydrogen) atoms. The molecule has 1 fully saturated rings. The summed E-state index contributed by atoms with van der Waals surface area (Å²) in [5, 5.41) is 3.44. The first-order valence-corrected chi connectivity index (χ1v) is 8.45. The minimum Gasteiger partial charge on any atom is -0.370 e. The monoisotopic (exact) mass is 312 g/mol. The predicted octanol–water partition coefficient (Wildman–Crippen LogP) is 3.39. The van der Waals surface area contributed by atoms with Crippen LogP contribution in [0, 0.1) is 5.41 Å². The predicted molar refractivity (Wildman–Crippen MR) is 92.5 cm³/mol. The molecule has 0 aliphatic heterocycles. The number of anilines is 1. The molecule has 0 saturated heterocycles. The first-order chi connectivity index (χ1) is 11.1. The number of aromatic amines is 1. The highest BCUT2D eigenvalue weighted by molar-refractivity contribution is 5.55. The van der Waals surface area contributed by atoms with Gasteiger partial charge in [0.05, 0.1) is 0 Å². The molecule has 5 heteroatoms. The van der Waals surface area contributed by atoms with E-state index in [0.29, 0.717) is 11.2 Å². The summed E-state index contributed by atoms with van der Waals surface area (Å²) < 4.78 is 0. The summed E-state index contributed by atoms with van der Waals surface area (Å²) in [4.78, 5) is 23.4. The molecule has 0 radical (unpaired) electrons. The van der Waals surface area contributed by atoms with Crippen LogP contribution in [-0.4, -0.2) is 21.5 Å². The standard InChI is InChI=1S/C18H24N4O/c1-3-7-18(8-9-18)12-20-15-6-5-13(11-19-15)17-21-14(4-2)10-16(23)22-17/h5-6,10-11H,3-4,7-9,12H2,1-2H3,(H,19,20)(H,21,22,23). The molecule has 2 aromatic rings. The van der Waals surface area contributed by atoms with Gasteiger partial charge in [-0.25, -0.2) is 9.97 Å². The van der Waals surface area contributed by atoms with E-state index in [2.05, 4.69) is 27.2 Å². The Morgan fingerprint density at radius 1 is 1.30 bits per heavy atom. The minimum atomic E-state index is -0.121. The maximum Gasteiger partial charge on any atom is 0.251 e. The van der Waals surface area contributed by atoms with E-state index in [-0.39, 0.29) is 5.56 Å². The van der Waals surface area contributed by atoms with Gasteiger partial charge < -0.3 is 10.3 Å². The topological polar surface area (TPSA) is 70.7 Å². The Kier molecular flexibility index (Phi) is 4.46. The Morgan fingerprint density at radius 3 is 2.74 bits per heavy atom. The summed E-state index contributed by atoms with van der Waals surface area (Å²) in [7, 11) is 0. The van der Waals surface area contributed by atoms with Gasteiger partial charge >= 0.3 is 0 Å². The molecule has 2 aromatic heterocycles. The Hall–Kier alpha value is -2.17. The number of hydrogen-bond donors (Lipinski definition) is 2. The van der Waals surface area contributed by atoms with Crippen LogP contribution in [-0.2, 0) is 6.42 Å². The fourth-order valence-electron chi connectivity index (χ4n) is 2.96. The second-order valence-electron chi connectivity index (χ2n) is 6.47. The number of H-pyrrole nitrogens is 1. The van der Waals surface area contributed by atoms with Crippen molar-refractivity contribution in [1.29, 1.82) is 0 Å². The maximum atomic E-state index is 11.7. The second-order valence-corrected chi connectivity index (χ2v) is 6.47. The van der Waals surface area contributed by atoms with E-state index in [1.807, 2.05) is 19.1 Å². The lowest BCUT2D eigenvalue weighted by molar-refractivity contribution is 0.485. The van der Waals surface area contributed by atoms with Gasteiger partial charge in [0.15, 0.2) is 0 Å². The molecule has 2 heterocycles. The summed E-state index contributed by atoms with van der Waals surface area (Å²) in [5.41, 5.74) is 2.00. The van der Waals surface area contributed by atoms with Crippen LogP contribution in [0.5, 0.6) is 0 Å². The van der Waals surface area contributed by atoms with Crippen molar-refractivity contribution in [2.45, 2.75) is 46.0 Å². The van der Waals surface area contributed by atoms with E-state index >= 15 is 0 Å². The third-order valence-electron chi connectivity index (χ3n) is 4.58. The number of pyridine rings is 1. The molecular formula is C18H24N4O. The van der Waals surface area contributed by atoms with E-state index in [9.17, 15) is 4.79 Å². The highest BCUT2D eigenvalue weighted by atomic mass is 16.1. The van der Waals surface area contributed by atoms with E-state index in [0.717, 1.165) is 30.0 Å². The van der Waals surface area contributed by atoms with Crippen LogP contribution in [0.4, 0.5) is 5.82 Å². The number of hydrogen-bond acceptors (Lipinski definition) is 4. The van der Waals surface area contributed by atoms with Crippen LogP contribution in [0.3, 0.4) is 0 Å². The second kappa shape index (κ2) is 6.52. The maximum absolute atomic E-state index is 11.7. The largest absolute Gasteiger partial charge is 0.370 e. The van der Waals surface area contributed by atoms with Gasteiger partial charge in [0.1, 0.15) is 11.6 Å². The molecule has 0 unspecified atom stereocenters. The SMILES string of the molecule is CCCC1(CNc2ccc(-c3nc(CC)cc(=O)[nH]3)cn2)CC1. The first-order valence-electron chi connectivity index (χ1n) is 8.45. The zero-order chi connectivity index (χ0) is 16.3. The van der Waals surface area contributed by atoms with Crippen molar-refractivity contribution in [3.63, 3.8) is 0 Å². The minimum absolute atomic E-state index is 0.121. The fraction of sp³-hybridized carbons (Fsp3) is 0.500. The molecule has 0 spiro atoms. The van der Waals surface area contributed by atoms with Crippen molar-refractivity contribution < 1.29 is 0 Å². The van der Waals surface area contributed by atoms with Crippen molar-refractivity contribution in [2.24, 2.45) is 5.41 Å². The van der Waals surface area contributed by atoms with Crippen LogP contribution in [0.1, 0.15) is 45.2 Å². The Labute approximate surface area is 136 Å². The van der Waals surface area contributed by atoms with Gasteiger partial charge in [-0.3, -0.25) is 4.79 Å². The molecule has 3 rings (SSSR count). The molecule has 1 saturated carbocycles. The Balaban J connectivity index is 1.70. The van der Waals surface area contributed by atoms with Gasteiger partial charge in [-0.1, -0.05) is 20.3 Å². The van der Waals surface area contributed by atoms with Crippen molar-refractivity contribution in [2.75, 3.05) is 11.9 Å². The van der Waals surface area contributed by atoms with Gasteiger partial charge in [0, 0.05) is 30.1 Å². The molecule has 5 nitrogen and oxygen atoms in total. The van der Waals surface area contributed by atoms with Gasteiger partial charge in [0.25, 0.3) is 5.56 Å². The normalized spacial score (nSPS) is 15.4. The van der Waals surface area contributed by atoms with Crippen molar-refractivity contribution >= 4 is 5.82 Å². The van der Waals surface area contributed by atoms with Crippen LogP contribution in [0.15, 0.2) is 29.2 Å². The molecule has 2 N–H and O–H groups in total. The Bertz CT molecular complexity index is 717. The third-order valence-corrected chi connectivity index (χ3v) is 4.58. The molecule has 0 bridgehead atoms. The molecule has 1 aliphatic rings. The smallest absolute Gasteiger partial charge is 0.251 e. The zero-order valence-corrected chi connectivity index (χ0v) is 13.9. The van der Waals surface area contributed by atoms with Crippen LogP contribution < -0.4 is 10.9 Å². The third kappa shape index (κ3) is 3.78. The highest BCUT2D eigenvalue weighted by Crippen LogP contribution is 2.49. The molecule has 0 atom stereocenters. The van der Waals surface area contributed by atoms with Crippen LogP contribution in [0.25, 0.3) is 11.4 Å². The summed E-state index contributed by atoms with van der Waals surface area (Å²) >= 11 is 0. The lowest BCUT2D eigenvalue weighted by atomic mass is 10.0. The number of aromatic nitrogens is 3.